The van der Waals surface area contributed by atoms with Gasteiger partial charge in [0.15, 0.2) is 5.82 Å². The van der Waals surface area contributed by atoms with E-state index in [0.717, 1.165) is 59.4 Å². The summed E-state index contributed by atoms with van der Waals surface area (Å²) in [6, 6.07) is 5.93. The van der Waals surface area contributed by atoms with Gasteiger partial charge in [-0.15, -0.1) is 0 Å². The van der Waals surface area contributed by atoms with Crippen LogP contribution >= 0.6 is 15.9 Å². The Balaban J connectivity index is 1.63. The first-order chi connectivity index (χ1) is 16.8. The minimum atomic E-state index is -0.00705. The van der Waals surface area contributed by atoms with Crippen LogP contribution < -0.4 is 5.73 Å². The van der Waals surface area contributed by atoms with Crippen molar-refractivity contribution in [2.45, 2.75) is 46.7 Å². The molecule has 0 atom stereocenters. The molecule has 3 heterocycles. The predicted octanol–water partition coefficient (Wildman–Crippen LogP) is 3.24. The van der Waals surface area contributed by atoms with Crippen LogP contribution in [0.25, 0.3) is 21.9 Å². The van der Waals surface area contributed by atoms with E-state index in [1.54, 1.807) is 11.8 Å². The van der Waals surface area contributed by atoms with E-state index < -0.39 is 0 Å². The average molecular weight is 544 g/mol. The van der Waals surface area contributed by atoms with Crippen LogP contribution in [-0.2, 0) is 22.7 Å². The third kappa shape index (κ3) is 5.43. The Morgan fingerprint density at radius 3 is 2.54 bits per heavy atom. The van der Waals surface area contributed by atoms with Crippen molar-refractivity contribution < 1.29 is 9.59 Å². The number of nitrogens with two attached hydrogens (primary N) is 1. The fourth-order valence-corrected chi connectivity index (χ4v) is 5.12. The van der Waals surface area contributed by atoms with Crippen molar-refractivity contribution in [3.63, 3.8) is 0 Å². The van der Waals surface area contributed by atoms with Gasteiger partial charge in [0.1, 0.15) is 11.3 Å². The Bertz CT molecular complexity index is 1230. The number of carbonyl (C=O) groups is 2. The summed E-state index contributed by atoms with van der Waals surface area (Å²) in [5, 5.41) is 0.948. The molecule has 35 heavy (non-hydrogen) atoms. The summed E-state index contributed by atoms with van der Waals surface area (Å²) in [6.45, 7) is 11.7. The van der Waals surface area contributed by atoms with E-state index >= 15 is 0 Å². The summed E-state index contributed by atoms with van der Waals surface area (Å²) in [5.41, 5.74) is 8.64. The second-order valence-electron chi connectivity index (χ2n) is 8.99. The zero-order chi connectivity index (χ0) is 25.1. The van der Waals surface area contributed by atoms with Crippen LogP contribution in [0.5, 0.6) is 0 Å². The maximum absolute atomic E-state index is 12.9. The van der Waals surface area contributed by atoms with Crippen molar-refractivity contribution in [2.24, 2.45) is 0 Å². The van der Waals surface area contributed by atoms with Gasteiger partial charge in [0.2, 0.25) is 11.8 Å². The normalized spacial score (nSPS) is 14.7. The number of nitrogens with zero attached hydrogens (tertiary/aromatic N) is 6. The van der Waals surface area contributed by atoms with Crippen molar-refractivity contribution in [1.82, 2.24) is 29.2 Å². The molecular formula is C25H34BrN7O2. The molecule has 0 aliphatic carbocycles. The van der Waals surface area contributed by atoms with Gasteiger partial charge in [0.25, 0.3) is 0 Å². The fourth-order valence-electron chi connectivity index (χ4n) is 4.77. The van der Waals surface area contributed by atoms with Crippen LogP contribution in [0.4, 0.5) is 5.82 Å². The summed E-state index contributed by atoms with van der Waals surface area (Å²) < 4.78 is 3.04. The number of aromatic nitrogens is 3. The Labute approximate surface area is 214 Å². The number of rotatable bonds is 8. The molecule has 1 aliphatic heterocycles. The molecule has 1 aliphatic rings. The Morgan fingerprint density at radius 1 is 1.14 bits per heavy atom. The second-order valence-corrected chi connectivity index (χ2v) is 9.90. The molecule has 3 aromatic rings. The minimum Gasteiger partial charge on any atom is -0.382 e. The van der Waals surface area contributed by atoms with Gasteiger partial charge in [-0.3, -0.25) is 9.59 Å². The number of carbonyl (C=O) groups excluding carboxylic acids is 2. The highest BCUT2D eigenvalue weighted by atomic mass is 79.9. The Kier molecular flexibility index (Phi) is 7.91. The van der Waals surface area contributed by atoms with Crippen LogP contribution in [-0.4, -0.2) is 80.3 Å². The van der Waals surface area contributed by atoms with Crippen molar-refractivity contribution in [3.8, 4) is 0 Å². The number of fused-ring (bicyclic) bond motifs is 3. The molecule has 1 aromatic carbocycles. The number of halogens is 1. The summed E-state index contributed by atoms with van der Waals surface area (Å²) >= 11 is 3.51. The Hall–Kier alpha value is -2.72. The number of hydrogen-bond acceptors (Lipinski definition) is 6. The number of nitrogen functional groups attached to an aromatic ring is 1. The number of anilines is 1. The standard InChI is InChI=1S/C25H34BrN7O2/c1-4-30-11-13-32(14-12-30)22(35)7-6-10-33-21(16-31(5-2)17(3)34)29-23-24(33)19-9-8-18(26)15-20(19)28-25(23)27/h8-9,15H,4-7,10-14,16H2,1-3H3,(H2,27,28). The highest BCUT2D eigenvalue weighted by Gasteiger charge is 2.22. The van der Waals surface area contributed by atoms with E-state index in [1.165, 1.54) is 0 Å². The van der Waals surface area contributed by atoms with E-state index in [2.05, 4.69) is 37.3 Å². The van der Waals surface area contributed by atoms with Gasteiger partial charge in [-0.1, -0.05) is 22.9 Å². The lowest BCUT2D eigenvalue weighted by atomic mass is 10.1. The van der Waals surface area contributed by atoms with Gasteiger partial charge in [-0.25, -0.2) is 9.97 Å². The molecule has 2 aromatic heterocycles. The molecule has 1 saturated heterocycles. The van der Waals surface area contributed by atoms with Crippen LogP contribution in [0.1, 0.15) is 39.4 Å². The largest absolute Gasteiger partial charge is 0.382 e. The van der Waals surface area contributed by atoms with E-state index in [4.69, 9.17) is 10.7 Å². The zero-order valence-corrected chi connectivity index (χ0v) is 22.3. The molecular weight excluding hydrogens is 510 g/mol. The molecule has 4 rings (SSSR count). The van der Waals surface area contributed by atoms with E-state index in [9.17, 15) is 9.59 Å². The maximum atomic E-state index is 12.9. The van der Waals surface area contributed by atoms with Gasteiger partial charge in [0.05, 0.1) is 17.6 Å². The minimum absolute atomic E-state index is 0.00705. The van der Waals surface area contributed by atoms with Crippen molar-refractivity contribution in [2.75, 3.05) is 45.0 Å². The molecule has 2 N–H and O–H groups in total. The molecule has 0 bridgehead atoms. The molecule has 0 spiro atoms. The molecule has 0 saturated carbocycles. The first-order valence-corrected chi connectivity index (χ1v) is 13.1. The van der Waals surface area contributed by atoms with Crippen molar-refractivity contribution in [1.29, 1.82) is 0 Å². The van der Waals surface area contributed by atoms with E-state index in [0.29, 0.717) is 43.8 Å². The quantitative estimate of drug-likeness (QED) is 0.468. The average Bonchev–Trinajstić information content (AvgIpc) is 3.21. The van der Waals surface area contributed by atoms with Crippen LogP contribution in [0.2, 0.25) is 0 Å². The number of aryl methyl sites for hydroxylation is 1. The number of piperazine rings is 1. The highest BCUT2D eigenvalue weighted by Crippen LogP contribution is 2.31. The van der Waals surface area contributed by atoms with Gasteiger partial charge in [-0.05, 0) is 38.1 Å². The lowest BCUT2D eigenvalue weighted by Crippen LogP contribution is -2.48. The third-order valence-corrected chi connectivity index (χ3v) is 7.34. The summed E-state index contributed by atoms with van der Waals surface area (Å²) in [5.74, 6) is 1.30. The lowest BCUT2D eigenvalue weighted by Gasteiger charge is -2.34. The van der Waals surface area contributed by atoms with Gasteiger partial charge < -0.3 is 25.0 Å². The number of likely N-dealkylation sites (N-methyl/N-ethyl adjacent to an activating group) is 1. The zero-order valence-electron chi connectivity index (χ0n) is 20.8. The second kappa shape index (κ2) is 10.9. The van der Waals surface area contributed by atoms with Gasteiger partial charge in [-0.2, -0.15) is 0 Å². The summed E-state index contributed by atoms with van der Waals surface area (Å²) in [4.78, 5) is 40.5. The number of pyridine rings is 1. The van der Waals surface area contributed by atoms with Crippen LogP contribution in [0.15, 0.2) is 22.7 Å². The maximum Gasteiger partial charge on any atom is 0.222 e. The Morgan fingerprint density at radius 2 is 1.89 bits per heavy atom. The summed E-state index contributed by atoms with van der Waals surface area (Å²) in [7, 11) is 0. The van der Waals surface area contributed by atoms with Crippen LogP contribution in [0.3, 0.4) is 0 Å². The molecule has 0 unspecified atom stereocenters. The predicted molar refractivity (Wildman–Crippen MR) is 142 cm³/mol. The van der Waals surface area contributed by atoms with Crippen molar-refractivity contribution >= 4 is 55.5 Å². The van der Waals surface area contributed by atoms with Crippen LogP contribution in [0, 0.1) is 0 Å². The number of amides is 2. The molecule has 2 amide bonds. The molecule has 9 nitrogen and oxygen atoms in total. The van der Waals surface area contributed by atoms with Gasteiger partial charge >= 0.3 is 0 Å². The smallest absolute Gasteiger partial charge is 0.222 e. The molecule has 188 valence electrons. The first-order valence-electron chi connectivity index (χ1n) is 12.3. The van der Waals surface area contributed by atoms with E-state index in [-0.39, 0.29) is 11.8 Å². The van der Waals surface area contributed by atoms with Gasteiger partial charge in [0, 0.05) is 62.5 Å². The topological polar surface area (TPSA) is 101 Å². The first kappa shape index (κ1) is 25.4. The third-order valence-electron chi connectivity index (χ3n) is 6.85. The SMILES string of the molecule is CCN1CCN(C(=O)CCCn2c(CN(CC)C(C)=O)nc3c(N)nc4cc(Br)ccc4c32)CC1. The lowest BCUT2D eigenvalue weighted by molar-refractivity contribution is -0.133. The molecule has 1 fully saturated rings. The fraction of sp³-hybridized carbons (Fsp3) is 0.520. The van der Waals surface area contributed by atoms with E-state index in [1.807, 2.05) is 30.0 Å². The highest BCUT2D eigenvalue weighted by molar-refractivity contribution is 9.10. The van der Waals surface area contributed by atoms with Crippen molar-refractivity contribution in [3.05, 3.63) is 28.5 Å². The number of benzene rings is 1. The summed E-state index contributed by atoms with van der Waals surface area (Å²) in [6.07, 6.45) is 1.15. The molecule has 10 heteroatoms. The molecule has 0 radical (unpaired) electrons. The number of hydrogen-bond donors (Lipinski definition) is 1. The monoisotopic (exact) mass is 543 g/mol. The number of imidazole rings is 1.